The Balaban J connectivity index is 2.10. The minimum atomic E-state index is 0.526. The highest BCUT2D eigenvalue weighted by Crippen LogP contribution is 2.23. The molecule has 3 aromatic heterocycles. The van der Waals surface area contributed by atoms with Crippen LogP contribution in [0, 0.1) is 6.92 Å². The van der Waals surface area contributed by atoms with Crippen molar-refractivity contribution >= 4 is 17.1 Å². The van der Waals surface area contributed by atoms with Gasteiger partial charge in [0.05, 0.1) is 12.2 Å². The van der Waals surface area contributed by atoms with Gasteiger partial charge in [0.15, 0.2) is 5.65 Å². The number of aromatic nitrogens is 5. The van der Waals surface area contributed by atoms with Crippen LogP contribution in [0.5, 0.6) is 0 Å². The zero-order valence-electron chi connectivity index (χ0n) is 12.7. The van der Waals surface area contributed by atoms with Gasteiger partial charge < -0.3 is 5.73 Å². The lowest BCUT2D eigenvalue weighted by atomic mass is 10.1. The van der Waals surface area contributed by atoms with Crippen molar-refractivity contribution in [1.29, 1.82) is 0 Å². The van der Waals surface area contributed by atoms with Gasteiger partial charge in [-0.3, -0.25) is 14.2 Å². The number of nitrogens with zero attached hydrogens (tertiary/aromatic N) is 5. The molecule has 3 rings (SSSR count). The summed E-state index contributed by atoms with van der Waals surface area (Å²) in [6, 6.07) is 2.01. The van der Waals surface area contributed by atoms with Gasteiger partial charge in [-0.2, -0.15) is 5.10 Å². The van der Waals surface area contributed by atoms with Gasteiger partial charge in [-0.1, -0.05) is 13.3 Å². The Bertz CT molecular complexity index is 783. The molecule has 3 heterocycles. The fourth-order valence-corrected chi connectivity index (χ4v) is 2.65. The van der Waals surface area contributed by atoms with Gasteiger partial charge in [0.2, 0.25) is 5.95 Å². The van der Waals surface area contributed by atoms with E-state index in [1.54, 1.807) is 6.20 Å². The molecule has 0 aliphatic rings. The van der Waals surface area contributed by atoms with E-state index in [1.165, 1.54) is 5.56 Å². The molecule has 0 saturated heterocycles. The summed E-state index contributed by atoms with van der Waals surface area (Å²) < 4.78 is 3.88. The van der Waals surface area contributed by atoms with E-state index in [2.05, 4.69) is 28.9 Å². The maximum absolute atomic E-state index is 6.12. The average Bonchev–Trinajstić information content (AvgIpc) is 2.92. The number of pyridine rings is 1. The normalized spacial score (nSPS) is 11.4. The SMILES string of the molecule is CCCc1nn(C)c2c1nc(N)n2Cc1cnccc1C. The monoisotopic (exact) mass is 284 g/mol. The quantitative estimate of drug-likeness (QED) is 0.795. The Labute approximate surface area is 123 Å². The minimum Gasteiger partial charge on any atom is -0.369 e. The molecule has 0 saturated carbocycles. The Hall–Kier alpha value is -2.37. The maximum atomic E-state index is 6.12. The smallest absolute Gasteiger partial charge is 0.202 e. The Morgan fingerprint density at radius 1 is 1.33 bits per heavy atom. The first-order valence-electron chi connectivity index (χ1n) is 7.19. The molecule has 110 valence electrons. The van der Waals surface area contributed by atoms with E-state index in [4.69, 9.17) is 5.73 Å². The molecule has 6 heteroatoms. The van der Waals surface area contributed by atoms with Gasteiger partial charge in [-0.25, -0.2) is 4.98 Å². The molecule has 0 spiro atoms. The number of fused-ring (bicyclic) bond motifs is 1. The third kappa shape index (κ3) is 2.26. The van der Waals surface area contributed by atoms with Crippen molar-refractivity contribution in [2.24, 2.45) is 7.05 Å². The summed E-state index contributed by atoms with van der Waals surface area (Å²) in [5.41, 5.74) is 11.4. The molecule has 0 unspecified atom stereocenters. The first-order valence-corrected chi connectivity index (χ1v) is 7.19. The number of nitrogens with two attached hydrogens (primary N) is 1. The highest BCUT2D eigenvalue weighted by Gasteiger charge is 2.18. The van der Waals surface area contributed by atoms with Gasteiger partial charge in [-0.05, 0) is 30.5 Å². The zero-order valence-corrected chi connectivity index (χ0v) is 12.7. The predicted molar refractivity (Wildman–Crippen MR) is 83.0 cm³/mol. The van der Waals surface area contributed by atoms with E-state index in [0.717, 1.165) is 35.3 Å². The third-order valence-corrected chi connectivity index (χ3v) is 3.78. The first-order chi connectivity index (χ1) is 10.1. The van der Waals surface area contributed by atoms with Crippen LogP contribution in [-0.4, -0.2) is 24.3 Å². The average molecular weight is 284 g/mol. The lowest BCUT2D eigenvalue weighted by molar-refractivity contribution is 0.710. The lowest BCUT2D eigenvalue weighted by Gasteiger charge is -2.09. The van der Waals surface area contributed by atoms with Crippen molar-refractivity contribution in [3.63, 3.8) is 0 Å². The highest BCUT2D eigenvalue weighted by atomic mass is 15.3. The van der Waals surface area contributed by atoms with E-state index >= 15 is 0 Å². The zero-order chi connectivity index (χ0) is 15.0. The Morgan fingerprint density at radius 2 is 2.14 bits per heavy atom. The van der Waals surface area contributed by atoms with Crippen molar-refractivity contribution in [2.75, 3.05) is 5.73 Å². The van der Waals surface area contributed by atoms with Gasteiger partial charge in [-0.15, -0.1) is 0 Å². The van der Waals surface area contributed by atoms with Crippen molar-refractivity contribution in [3.8, 4) is 0 Å². The summed E-state index contributed by atoms with van der Waals surface area (Å²) in [5.74, 6) is 0.526. The van der Waals surface area contributed by atoms with Crippen LogP contribution in [0.15, 0.2) is 18.5 Å². The van der Waals surface area contributed by atoms with Crippen molar-refractivity contribution in [1.82, 2.24) is 24.3 Å². The number of aryl methyl sites for hydroxylation is 3. The topological polar surface area (TPSA) is 74.6 Å². The second-order valence-corrected chi connectivity index (χ2v) is 5.35. The van der Waals surface area contributed by atoms with E-state index in [-0.39, 0.29) is 0 Å². The van der Waals surface area contributed by atoms with Crippen LogP contribution in [0.3, 0.4) is 0 Å². The van der Waals surface area contributed by atoms with E-state index < -0.39 is 0 Å². The van der Waals surface area contributed by atoms with Gasteiger partial charge in [0, 0.05) is 19.4 Å². The van der Waals surface area contributed by atoms with E-state index in [9.17, 15) is 0 Å². The van der Waals surface area contributed by atoms with Crippen LogP contribution < -0.4 is 5.73 Å². The number of hydrogen-bond donors (Lipinski definition) is 1. The molecule has 0 radical (unpaired) electrons. The van der Waals surface area contributed by atoms with Crippen LogP contribution in [0.25, 0.3) is 11.2 Å². The van der Waals surface area contributed by atoms with Gasteiger partial charge in [0.25, 0.3) is 0 Å². The number of hydrogen-bond acceptors (Lipinski definition) is 4. The summed E-state index contributed by atoms with van der Waals surface area (Å²) in [4.78, 5) is 8.71. The van der Waals surface area contributed by atoms with Crippen molar-refractivity contribution in [2.45, 2.75) is 33.2 Å². The fourth-order valence-electron chi connectivity index (χ4n) is 2.65. The van der Waals surface area contributed by atoms with Crippen molar-refractivity contribution < 1.29 is 0 Å². The van der Waals surface area contributed by atoms with Gasteiger partial charge >= 0.3 is 0 Å². The summed E-state index contributed by atoms with van der Waals surface area (Å²) in [6.07, 6.45) is 5.64. The fraction of sp³-hybridized carbons (Fsp3) is 0.400. The van der Waals surface area contributed by atoms with E-state index in [1.807, 2.05) is 28.6 Å². The molecule has 0 atom stereocenters. The van der Waals surface area contributed by atoms with Crippen LogP contribution in [0.1, 0.15) is 30.2 Å². The Kier molecular flexibility index (Phi) is 3.37. The first kappa shape index (κ1) is 13.6. The van der Waals surface area contributed by atoms with Gasteiger partial charge in [0.1, 0.15) is 5.52 Å². The second kappa shape index (κ2) is 5.20. The van der Waals surface area contributed by atoms with E-state index in [0.29, 0.717) is 12.5 Å². The van der Waals surface area contributed by atoms with Crippen LogP contribution in [-0.2, 0) is 20.0 Å². The number of rotatable bonds is 4. The second-order valence-electron chi connectivity index (χ2n) is 5.35. The highest BCUT2D eigenvalue weighted by molar-refractivity contribution is 5.78. The third-order valence-electron chi connectivity index (χ3n) is 3.78. The molecule has 0 aliphatic heterocycles. The largest absolute Gasteiger partial charge is 0.369 e. The lowest BCUT2D eigenvalue weighted by Crippen LogP contribution is -2.09. The van der Waals surface area contributed by atoms with Crippen LogP contribution in [0.2, 0.25) is 0 Å². The molecule has 6 nitrogen and oxygen atoms in total. The molecule has 21 heavy (non-hydrogen) atoms. The molecule has 0 aromatic carbocycles. The molecule has 0 aliphatic carbocycles. The summed E-state index contributed by atoms with van der Waals surface area (Å²) in [6.45, 7) is 4.88. The molecular weight excluding hydrogens is 264 g/mol. The molecule has 0 bridgehead atoms. The van der Waals surface area contributed by atoms with Crippen LogP contribution >= 0.6 is 0 Å². The number of nitrogen functional groups attached to an aromatic ring is 1. The standard InChI is InChI=1S/C15H20N6/c1-4-5-12-13-14(20(3)19-12)21(15(16)18-13)9-11-8-17-7-6-10(11)2/h6-8H,4-5,9H2,1-3H3,(H2,16,18). The number of anilines is 1. The molecule has 3 aromatic rings. The number of imidazole rings is 1. The summed E-state index contributed by atoms with van der Waals surface area (Å²) >= 11 is 0. The Morgan fingerprint density at radius 3 is 2.86 bits per heavy atom. The molecular formula is C15H20N6. The molecule has 0 amide bonds. The molecule has 0 fully saturated rings. The van der Waals surface area contributed by atoms with Crippen molar-refractivity contribution in [3.05, 3.63) is 35.3 Å². The molecule has 2 N–H and O–H groups in total. The maximum Gasteiger partial charge on any atom is 0.202 e. The summed E-state index contributed by atoms with van der Waals surface area (Å²) in [7, 11) is 1.94. The predicted octanol–water partition coefficient (Wildman–Crippen LogP) is 2.06. The summed E-state index contributed by atoms with van der Waals surface area (Å²) in [5, 5.41) is 4.57. The van der Waals surface area contributed by atoms with Crippen LogP contribution in [0.4, 0.5) is 5.95 Å². The minimum absolute atomic E-state index is 0.526.